The van der Waals surface area contributed by atoms with Gasteiger partial charge in [-0.1, -0.05) is 6.07 Å². The number of rotatable bonds is 3. The second-order valence-corrected chi connectivity index (χ2v) is 9.12. The van der Waals surface area contributed by atoms with Crippen LogP contribution in [0.15, 0.2) is 18.2 Å². The van der Waals surface area contributed by atoms with Gasteiger partial charge in [-0.2, -0.15) is 0 Å². The van der Waals surface area contributed by atoms with Gasteiger partial charge in [0.1, 0.15) is 0 Å². The summed E-state index contributed by atoms with van der Waals surface area (Å²) in [5.74, 6) is 1.39. The standard InChI is InChI=1S/C17H22N2O5S/c20-17(14-3-8-25(21,22)11-14)19-6-4-18(5-7-19)10-13-1-2-15-16(9-13)24-12-23-15/h1-2,9,14H,3-8,10-12H2/t14-/m1/s1. The van der Waals surface area contributed by atoms with Crippen molar-refractivity contribution in [3.63, 3.8) is 0 Å². The van der Waals surface area contributed by atoms with E-state index in [2.05, 4.69) is 4.90 Å². The van der Waals surface area contributed by atoms with Crippen molar-refractivity contribution < 1.29 is 22.7 Å². The molecule has 0 unspecified atom stereocenters. The monoisotopic (exact) mass is 366 g/mol. The van der Waals surface area contributed by atoms with E-state index in [-0.39, 0.29) is 30.1 Å². The number of fused-ring (bicyclic) bond motifs is 1. The molecular weight excluding hydrogens is 344 g/mol. The molecule has 0 spiro atoms. The number of carbonyl (C=O) groups is 1. The second-order valence-electron chi connectivity index (χ2n) is 6.89. The molecule has 0 bridgehead atoms. The number of hydrogen-bond donors (Lipinski definition) is 0. The van der Waals surface area contributed by atoms with Gasteiger partial charge in [-0.05, 0) is 24.1 Å². The maximum atomic E-state index is 12.5. The van der Waals surface area contributed by atoms with Crippen molar-refractivity contribution in [1.29, 1.82) is 0 Å². The fraction of sp³-hybridized carbons (Fsp3) is 0.588. The number of hydrogen-bond acceptors (Lipinski definition) is 6. The molecule has 0 N–H and O–H groups in total. The second kappa shape index (κ2) is 6.49. The molecule has 0 radical (unpaired) electrons. The van der Waals surface area contributed by atoms with Gasteiger partial charge >= 0.3 is 0 Å². The van der Waals surface area contributed by atoms with Crippen molar-refractivity contribution in [3.8, 4) is 11.5 Å². The summed E-state index contributed by atoms with van der Waals surface area (Å²) < 4.78 is 33.9. The van der Waals surface area contributed by atoms with Crippen molar-refractivity contribution in [1.82, 2.24) is 9.80 Å². The molecule has 0 aliphatic carbocycles. The van der Waals surface area contributed by atoms with E-state index < -0.39 is 9.84 Å². The molecule has 4 rings (SSSR count). The van der Waals surface area contributed by atoms with Gasteiger partial charge in [-0.15, -0.1) is 0 Å². The van der Waals surface area contributed by atoms with Crippen LogP contribution < -0.4 is 9.47 Å². The summed E-state index contributed by atoms with van der Waals surface area (Å²) in [5, 5.41) is 0. The summed E-state index contributed by atoms with van der Waals surface area (Å²) in [6, 6.07) is 5.97. The topological polar surface area (TPSA) is 76.2 Å². The largest absolute Gasteiger partial charge is 0.454 e. The van der Waals surface area contributed by atoms with Gasteiger partial charge in [0.25, 0.3) is 0 Å². The zero-order valence-electron chi connectivity index (χ0n) is 14.0. The highest BCUT2D eigenvalue weighted by Gasteiger charge is 2.36. The Morgan fingerprint density at radius 1 is 1.12 bits per heavy atom. The van der Waals surface area contributed by atoms with Crippen molar-refractivity contribution in [3.05, 3.63) is 23.8 Å². The highest BCUT2D eigenvalue weighted by Crippen LogP contribution is 2.33. The van der Waals surface area contributed by atoms with Gasteiger partial charge in [0, 0.05) is 32.7 Å². The Morgan fingerprint density at radius 2 is 1.88 bits per heavy atom. The number of benzene rings is 1. The van der Waals surface area contributed by atoms with Gasteiger partial charge in [0.15, 0.2) is 21.3 Å². The molecule has 1 amide bonds. The first-order valence-corrected chi connectivity index (χ1v) is 10.4. The van der Waals surface area contributed by atoms with Crippen LogP contribution >= 0.6 is 0 Å². The van der Waals surface area contributed by atoms with Crippen molar-refractivity contribution in [2.75, 3.05) is 44.5 Å². The summed E-state index contributed by atoms with van der Waals surface area (Å²) in [6.07, 6.45) is 0.471. The Morgan fingerprint density at radius 3 is 2.60 bits per heavy atom. The smallest absolute Gasteiger partial charge is 0.231 e. The molecule has 3 heterocycles. The minimum atomic E-state index is -3.02. The maximum Gasteiger partial charge on any atom is 0.231 e. The Hall–Kier alpha value is -1.80. The van der Waals surface area contributed by atoms with Gasteiger partial charge in [0.05, 0.1) is 17.4 Å². The quantitative estimate of drug-likeness (QED) is 0.775. The van der Waals surface area contributed by atoms with Crippen LogP contribution in [-0.4, -0.2) is 68.6 Å². The van der Waals surface area contributed by atoms with E-state index in [4.69, 9.17) is 9.47 Å². The fourth-order valence-corrected chi connectivity index (χ4v) is 5.40. The van der Waals surface area contributed by atoms with E-state index in [1.54, 1.807) is 0 Å². The van der Waals surface area contributed by atoms with E-state index in [0.717, 1.165) is 36.7 Å². The summed E-state index contributed by atoms with van der Waals surface area (Å²) in [5.41, 5.74) is 1.16. The highest BCUT2D eigenvalue weighted by molar-refractivity contribution is 7.91. The molecule has 1 aromatic rings. The molecule has 1 atom stereocenters. The number of carbonyl (C=O) groups excluding carboxylic acids is 1. The van der Waals surface area contributed by atoms with E-state index in [9.17, 15) is 13.2 Å². The lowest BCUT2D eigenvalue weighted by molar-refractivity contribution is -0.136. The van der Waals surface area contributed by atoms with Gasteiger partial charge < -0.3 is 14.4 Å². The van der Waals surface area contributed by atoms with Crippen LogP contribution in [-0.2, 0) is 21.2 Å². The van der Waals surface area contributed by atoms with Crippen LogP contribution in [0.5, 0.6) is 11.5 Å². The third-order valence-corrected chi connectivity index (χ3v) is 6.88. The van der Waals surface area contributed by atoms with Gasteiger partial charge in [-0.25, -0.2) is 8.42 Å². The molecule has 7 nitrogen and oxygen atoms in total. The summed E-state index contributed by atoms with van der Waals surface area (Å²) in [6.45, 7) is 3.96. The number of piperazine rings is 1. The van der Waals surface area contributed by atoms with Crippen molar-refractivity contribution in [2.45, 2.75) is 13.0 Å². The SMILES string of the molecule is O=C([C@@H]1CCS(=O)(=O)C1)N1CCN(Cc2ccc3c(c2)OCO3)CC1. The molecule has 8 heteroatoms. The van der Waals surface area contributed by atoms with Gasteiger partial charge in [-0.3, -0.25) is 9.69 Å². The normalized spacial score (nSPS) is 25.3. The first-order valence-electron chi connectivity index (χ1n) is 8.60. The number of amides is 1. The Bertz CT molecular complexity index is 771. The predicted molar refractivity (Wildman–Crippen MR) is 91.2 cm³/mol. The fourth-order valence-electron chi connectivity index (χ4n) is 3.67. The Labute approximate surface area is 147 Å². The average molecular weight is 366 g/mol. The van der Waals surface area contributed by atoms with Crippen molar-refractivity contribution >= 4 is 15.7 Å². The van der Waals surface area contributed by atoms with Crippen LogP contribution in [0.2, 0.25) is 0 Å². The predicted octanol–water partition coefficient (Wildman–Crippen LogP) is 0.494. The molecule has 136 valence electrons. The summed E-state index contributed by atoms with van der Waals surface area (Å²) in [7, 11) is -3.02. The number of ether oxygens (including phenoxy) is 2. The molecule has 25 heavy (non-hydrogen) atoms. The van der Waals surface area contributed by atoms with E-state index in [1.165, 1.54) is 0 Å². The van der Waals surface area contributed by atoms with Crippen LogP contribution in [0.3, 0.4) is 0 Å². The molecule has 1 aromatic carbocycles. The molecule has 3 aliphatic heterocycles. The first kappa shape index (κ1) is 16.7. The minimum Gasteiger partial charge on any atom is -0.454 e. The highest BCUT2D eigenvalue weighted by atomic mass is 32.2. The average Bonchev–Trinajstić information content (AvgIpc) is 3.20. The van der Waals surface area contributed by atoms with E-state index >= 15 is 0 Å². The van der Waals surface area contributed by atoms with Crippen LogP contribution in [0.25, 0.3) is 0 Å². The Kier molecular flexibility index (Phi) is 4.33. The van der Waals surface area contributed by atoms with Crippen LogP contribution in [0.4, 0.5) is 0 Å². The van der Waals surface area contributed by atoms with E-state index in [1.807, 2.05) is 23.1 Å². The summed E-state index contributed by atoms with van der Waals surface area (Å²) >= 11 is 0. The number of nitrogens with zero attached hydrogens (tertiary/aromatic N) is 2. The third-order valence-electron chi connectivity index (χ3n) is 5.11. The zero-order chi connectivity index (χ0) is 17.4. The summed E-state index contributed by atoms with van der Waals surface area (Å²) in [4.78, 5) is 16.6. The molecule has 3 aliphatic rings. The van der Waals surface area contributed by atoms with E-state index in [0.29, 0.717) is 19.5 Å². The number of sulfone groups is 1. The lowest BCUT2D eigenvalue weighted by Gasteiger charge is -2.35. The molecule has 0 aromatic heterocycles. The third kappa shape index (κ3) is 3.59. The maximum absolute atomic E-state index is 12.5. The molecule has 2 fully saturated rings. The van der Waals surface area contributed by atoms with Gasteiger partial charge in [0.2, 0.25) is 12.7 Å². The molecule has 0 saturated carbocycles. The molecular formula is C17H22N2O5S. The van der Waals surface area contributed by atoms with Crippen LogP contribution in [0.1, 0.15) is 12.0 Å². The lowest BCUT2D eigenvalue weighted by atomic mass is 10.1. The minimum absolute atomic E-state index is 0.00352. The molecule has 2 saturated heterocycles. The zero-order valence-corrected chi connectivity index (χ0v) is 14.8. The first-order chi connectivity index (χ1) is 12.0. The van der Waals surface area contributed by atoms with Crippen LogP contribution in [0, 0.1) is 5.92 Å². The lowest BCUT2D eigenvalue weighted by Crippen LogP contribution is -2.50. The van der Waals surface area contributed by atoms with Crippen molar-refractivity contribution in [2.24, 2.45) is 5.92 Å². The Balaban J connectivity index is 1.30.